The van der Waals surface area contributed by atoms with Gasteiger partial charge in [-0.15, -0.1) is 0 Å². The fraction of sp³-hybridized carbons (Fsp3) is 0.500. The highest BCUT2D eigenvalue weighted by atomic mass is 79.9. The summed E-state index contributed by atoms with van der Waals surface area (Å²) >= 11 is 3.70. The van der Waals surface area contributed by atoms with Crippen LogP contribution in [0.4, 0.5) is 0 Å². The lowest BCUT2D eigenvalue weighted by Gasteiger charge is -2.15. The molecule has 3 nitrogen and oxygen atoms in total. The third kappa shape index (κ3) is 7.84. The Morgan fingerprint density at radius 2 is 1.61 bits per heavy atom. The van der Waals surface area contributed by atoms with Crippen LogP contribution in [0.15, 0.2) is 40.9 Å². The monoisotopic (exact) mass is 447 g/mol. The molecule has 4 heteroatoms. The van der Waals surface area contributed by atoms with Crippen molar-refractivity contribution in [3.05, 3.63) is 57.6 Å². The summed E-state index contributed by atoms with van der Waals surface area (Å²) in [5.74, 6) is 1.58. The maximum absolute atomic E-state index is 6.06. The fourth-order valence-corrected chi connectivity index (χ4v) is 3.48. The van der Waals surface area contributed by atoms with E-state index in [0.717, 1.165) is 34.6 Å². The Morgan fingerprint density at radius 1 is 0.893 bits per heavy atom. The van der Waals surface area contributed by atoms with Crippen LogP contribution in [-0.2, 0) is 13.2 Å². The molecule has 2 rings (SSSR count). The largest absolute Gasteiger partial charge is 0.490 e. The molecule has 2 aromatic carbocycles. The van der Waals surface area contributed by atoms with Gasteiger partial charge >= 0.3 is 0 Å². The number of hydrogen-bond donors (Lipinski definition) is 1. The third-order valence-corrected chi connectivity index (χ3v) is 5.44. The molecule has 0 saturated carbocycles. The Morgan fingerprint density at radius 3 is 2.32 bits per heavy atom. The normalized spacial score (nSPS) is 10.9. The summed E-state index contributed by atoms with van der Waals surface area (Å²) < 4.78 is 12.9. The predicted octanol–water partition coefficient (Wildman–Crippen LogP) is 6.80. The van der Waals surface area contributed by atoms with E-state index in [1.54, 1.807) is 0 Å². The van der Waals surface area contributed by atoms with Gasteiger partial charge in [-0.3, -0.25) is 0 Å². The van der Waals surface area contributed by atoms with E-state index in [9.17, 15) is 0 Å². The smallest absolute Gasteiger partial charge is 0.162 e. The van der Waals surface area contributed by atoms with E-state index in [-0.39, 0.29) is 0 Å². The molecule has 0 fully saturated rings. The topological polar surface area (TPSA) is 30.5 Å². The van der Waals surface area contributed by atoms with Gasteiger partial charge in [0.15, 0.2) is 11.5 Å². The molecule has 0 unspecified atom stereocenters. The van der Waals surface area contributed by atoms with Gasteiger partial charge < -0.3 is 14.8 Å². The first-order valence-electron chi connectivity index (χ1n) is 10.5. The summed E-state index contributed by atoms with van der Waals surface area (Å²) in [4.78, 5) is 0. The minimum Gasteiger partial charge on any atom is -0.490 e. The predicted molar refractivity (Wildman–Crippen MR) is 121 cm³/mol. The SMILES string of the molecule is CCCCCCCNCc1cc(OCC)c(OCc2ccc(C)cc2)cc1Br. The van der Waals surface area contributed by atoms with Crippen molar-refractivity contribution in [3.63, 3.8) is 0 Å². The van der Waals surface area contributed by atoms with Gasteiger partial charge in [0.25, 0.3) is 0 Å². The number of unbranched alkanes of at least 4 members (excludes halogenated alkanes) is 4. The fourth-order valence-electron chi connectivity index (χ4n) is 3.02. The van der Waals surface area contributed by atoms with Gasteiger partial charge in [0.2, 0.25) is 0 Å². The van der Waals surface area contributed by atoms with Gasteiger partial charge in [-0.2, -0.15) is 0 Å². The van der Waals surface area contributed by atoms with E-state index in [1.807, 2.05) is 13.0 Å². The minimum absolute atomic E-state index is 0.530. The van der Waals surface area contributed by atoms with Crippen molar-refractivity contribution in [2.24, 2.45) is 0 Å². The summed E-state index contributed by atoms with van der Waals surface area (Å²) in [6.07, 6.45) is 6.50. The zero-order valence-electron chi connectivity index (χ0n) is 17.5. The van der Waals surface area contributed by atoms with Crippen molar-refractivity contribution in [1.82, 2.24) is 5.32 Å². The molecule has 154 valence electrons. The maximum atomic E-state index is 6.06. The summed E-state index contributed by atoms with van der Waals surface area (Å²) in [5.41, 5.74) is 3.60. The maximum Gasteiger partial charge on any atom is 0.162 e. The van der Waals surface area contributed by atoms with E-state index in [1.165, 1.54) is 43.2 Å². The van der Waals surface area contributed by atoms with Crippen LogP contribution in [0, 0.1) is 6.92 Å². The van der Waals surface area contributed by atoms with Crippen LogP contribution in [0.5, 0.6) is 11.5 Å². The number of benzene rings is 2. The highest BCUT2D eigenvalue weighted by molar-refractivity contribution is 9.10. The molecule has 0 saturated heterocycles. The molecule has 0 aliphatic rings. The molecule has 0 aliphatic heterocycles. The molecule has 0 aliphatic carbocycles. The molecule has 0 atom stereocenters. The standard InChI is InChI=1S/C24H34BrNO2/c1-4-6-7-8-9-14-26-17-21-15-23(27-5-2)24(16-22(21)25)28-18-20-12-10-19(3)11-13-20/h10-13,15-16,26H,4-9,14,17-18H2,1-3H3. The van der Waals surface area contributed by atoms with Gasteiger partial charge in [-0.25, -0.2) is 0 Å². The summed E-state index contributed by atoms with van der Waals surface area (Å²) in [6, 6.07) is 12.5. The molecule has 0 radical (unpaired) electrons. The summed E-state index contributed by atoms with van der Waals surface area (Å²) in [7, 11) is 0. The van der Waals surface area contributed by atoms with Crippen molar-refractivity contribution < 1.29 is 9.47 Å². The zero-order chi connectivity index (χ0) is 20.2. The van der Waals surface area contributed by atoms with Crippen molar-refractivity contribution in [3.8, 4) is 11.5 Å². The molecule has 0 amide bonds. The molecule has 1 N–H and O–H groups in total. The number of nitrogens with one attached hydrogen (secondary N) is 1. The van der Waals surface area contributed by atoms with Crippen LogP contribution in [0.25, 0.3) is 0 Å². The zero-order valence-corrected chi connectivity index (χ0v) is 19.1. The van der Waals surface area contributed by atoms with Crippen molar-refractivity contribution in [2.75, 3.05) is 13.2 Å². The molecule has 0 bridgehead atoms. The summed E-state index contributed by atoms with van der Waals surface area (Å²) in [5, 5.41) is 3.54. The van der Waals surface area contributed by atoms with E-state index in [2.05, 4.69) is 65.4 Å². The Hall–Kier alpha value is -1.52. The van der Waals surface area contributed by atoms with E-state index in [0.29, 0.717) is 13.2 Å². The second kappa shape index (κ2) is 12.8. The first-order chi connectivity index (χ1) is 13.6. The number of hydrogen-bond acceptors (Lipinski definition) is 3. The number of ether oxygens (including phenoxy) is 2. The van der Waals surface area contributed by atoms with E-state index >= 15 is 0 Å². The van der Waals surface area contributed by atoms with Gasteiger partial charge in [-0.05, 0) is 50.1 Å². The van der Waals surface area contributed by atoms with Gasteiger partial charge in [0.1, 0.15) is 6.61 Å². The first-order valence-corrected chi connectivity index (χ1v) is 11.3. The second-order valence-electron chi connectivity index (χ2n) is 7.19. The molecule has 0 spiro atoms. The van der Waals surface area contributed by atoms with Crippen molar-refractivity contribution >= 4 is 15.9 Å². The van der Waals surface area contributed by atoms with Crippen LogP contribution >= 0.6 is 15.9 Å². The second-order valence-corrected chi connectivity index (χ2v) is 8.04. The Labute approximate surface area is 179 Å². The average molecular weight is 448 g/mol. The molecular formula is C24H34BrNO2. The highest BCUT2D eigenvalue weighted by Crippen LogP contribution is 2.34. The van der Waals surface area contributed by atoms with Gasteiger partial charge in [0, 0.05) is 11.0 Å². The van der Waals surface area contributed by atoms with Crippen LogP contribution in [0.2, 0.25) is 0 Å². The average Bonchev–Trinajstić information content (AvgIpc) is 2.69. The van der Waals surface area contributed by atoms with Gasteiger partial charge in [0.05, 0.1) is 6.61 Å². The van der Waals surface area contributed by atoms with Crippen molar-refractivity contribution in [2.45, 2.75) is 66.0 Å². The van der Waals surface area contributed by atoms with Crippen LogP contribution < -0.4 is 14.8 Å². The van der Waals surface area contributed by atoms with Crippen LogP contribution in [0.1, 0.15) is 62.6 Å². The molecule has 0 heterocycles. The molecular weight excluding hydrogens is 414 g/mol. The Bertz CT molecular complexity index is 700. The lowest BCUT2D eigenvalue weighted by Crippen LogP contribution is -2.15. The Kier molecular flexibility index (Phi) is 10.4. The lowest BCUT2D eigenvalue weighted by atomic mass is 10.1. The summed E-state index contributed by atoms with van der Waals surface area (Å²) in [6.45, 7) is 9.36. The highest BCUT2D eigenvalue weighted by Gasteiger charge is 2.11. The number of aryl methyl sites for hydroxylation is 1. The molecule has 2 aromatic rings. The van der Waals surface area contributed by atoms with Gasteiger partial charge in [-0.1, -0.05) is 78.4 Å². The lowest BCUT2D eigenvalue weighted by molar-refractivity contribution is 0.269. The molecule has 28 heavy (non-hydrogen) atoms. The first kappa shape index (κ1) is 22.8. The Balaban J connectivity index is 1.93. The van der Waals surface area contributed by atoms with E-state index in [4.69, 9.17) is 9.47 Å². The van der Waals surface area contributed by atoms with Crippen LogP contribution in [0.3, 0.4) is 0 Å². The van der Waals surface area contributed by atoms with E-state index < -0.39 is 0 Å². The minimum atomic E-state index is 0.530. The third-order valence-electron chi connectivity index (χ3n) is 4.70. The molecule has 0 aromatic heterocycles. The number of rotatable bonds is 13. The van der Waals surface area contributed by atoms with Crippen molar-refractivity contribution in [1.29, 1.82) is 0 Å². The quantitative estimate of drug-likeness (QED) is 0.342. The number of halogens is 1. The van der Waals surface area contributed by atoms with Crippen LogP contribution in [-0.4, -0.2) is 13.2 Å².